The predicted octanol–water partition coefficient (Wildman–Crippen LogP) is 1.36. The lowest BCUT2D eigenvalue weighted by Gasteiger charge is -2.20. The molecule has 0 atom stereocenters. The van der Waals surface area contributed by atoms with Gasteiger partial charge in [-0.1, -0.05) is 24.3 Å². The van der Waals surface area contributed by atoms with Gasteiger partial charge in [0.15, 0.2) is 0 Å². The van der Waals surface area contributed by atoms with E-state index >= 15 is 0 Å². The molecule has 1 aliphatic rings. The Kier molecular flexibility index (Phi) is 2.49. The summed E-state index contributed by atoms with van der Waals surface area (Å²) in [5, 5.41) is 20.7. The summed E-state index contributed by atoms with van der Waals surface area (Å²) in [6.45, 7) is 1.53. The number of aliphatic hydroxyl groups is 1. The molecule has 2 N–H and O–H groups in total. The smallest absolute Gasteiger partial charge is 0.220 e. The van der Waals surface area contributed by atoms with Crippen molar-refractivity contribution in [2.45, 2.75) is 12.5 Å². The van der Waals surface area contributed by atoms with Crippen molar-refractivity contribution in [1.29, 1.82) is 0 Å². The van der Waals surface area contributed by atoms with Crippen LogP contribution >= 0.6 is 0 Å². The van der Waals surface area contributed by atoms with Crippen molar-refractivity contribution in [3.63, 3.8) is 0 Å². The number of hydrogen-bond donors (Lipinski definition) is 2. The minimum Gasteiger partial charge on any atom is -0.506 e. The van der Waals surface area contributed by atoms with Crippen molar-refractivity contribution in [2.75, 3.05) is 0 Å². The largest absolute Gasteiger partial charge is 0.506 e. The van der Waals surface area contributed by atoms with Crippen molar-refractivity contribution in [3.05, 3.63) is 58.9 Å². The molecule has 1 aromatic carbocycles. The molecule has 0 radical (unpaired) electrons. The highest BCUT2D eigenvalue weighted by Crippen LogP contribution is 2.41. The van der Waals surface area contributed by atoms with E-state index in [1.807, 2.05) is 0 Å². The van der Waals surface area contributed by atoms with Crippen LogP contribution < -0.4 is 0 Å². The van der Waals surface area contributed by atoms with Crippen LogP contribution in [0, 0.1) is 6.92 Å². The van der Waals surface area contributed by atoms with Crippen molar-refractivity contribution in [2.24, 2.45) is 0 Å². The summed E-state index contributed by atoms with van der Waals surface area (Å²) in [6.07, 6.45) is 1.34. The van der Waals surface area contributed by atoms with Crippen LogP contribution in [-0.2, 0) is 5.60 Å². The highest BCUT2D eigenvalue weighted by Gasteiger charge is 2.54. The van der Waals surface area contributed by atoms with Gasteiger partial charge in [-0.2, -0.15) is 0 Å². The van der Waals surface area contributed by atoms with Crippen LogP contribution in [0.5, 0.6) is 5.75 Å². The van der Waals surface area contributed by atoms with Crippen LogP contribution in [0.3, 0.4) is 0 Å². The number of fused-ring (bicyclic) bond motifs is 1. The van der Waals surface area contributed by atoms with Crippen LogP contribution in [0.1, 0.15) is 32.0 Å². The number of carbonyl (C=O) groups is 2. The van der Waals surface area contributed by atoms with Crippen molar-refractivity contribution >= 4 is 11.6 Å². The second-order valence-corrected chi connectivity index (χ2v) is 4.71. The van der Waals surface area contributed by atoms with Gasteiger partial charge in [0.05, 0.1) is 5.69 Å². The standard InChI is InChI=1S/C15H11NO4/c1-8-12(17)11(6-7-16-8)15(20)13(18)9-4-2-3-5-10(9)14(15)19/h2-7,17,20H,1H3. The Bertz CT molecular complexity index is 716. The average molecular weight is 269 g/mol. The van der Waals surface area contributed by atoms with Gasteiger partial charge in [0.1, 0.15) is 5.75 Å². The fraction of sp³-hybridized carbons (Fsp3) is 0.133. The van der Waals surface area contributed by atoms with Crippen LogP contribution in [0.4, 0.5) is 0 Å². The minimum atomic E-state index is -2.37. The van der Waals surface area contributed by atoms with Crippen molar-refractivity contribution in [3.8, 4) is 5.75 Å². The van der Waals surface area contributed by atoms with Crippen molar-refractivity contribution < 1.29 is 19.8 Å². The Morgan fingerprint density at radius 2 is 1.60 bits per heavy atom. The van der Waals surface area contributed by atoms with Gasteiger partial charge in [-0.3, -0.25) is 14.6 Å². The topological polar surface area (TPSA) is 87.5 Å². The summed E-state index contributed by atoms with van der Waals surface area (Å²) in [4.78, 5) is 28.6. The zero-order chi connectivity index (χ0) is 14.5. The Morgan fingerprint density at radius 3 is 2.15 bits per heavy atom. The van der Waals surface area contributed by atoms with Gasteiger partial charge >= 0.3 is 0 Å². The molecule has 0 fully saturated rings. The number of benzene rings is 1. The highest BCUT2D eigenvalue weighted by molar-refractivity contribution is 6.32. The van der Waals surface area contributed by atoms with E-state index < -0.39 is 17.2 Å². The normalized spacial score (nSPS) is 16.3. The van der Waals surface area contributed by atoms with E-state index in [-0.39, 0.29) is 28.1 Å². The summed E-state index contributed by atoms with van der Waals surface area (Å²) in [5.41, 5.74) is -1.94. The van der Waals surface area contributed by atoms with Gasteiger partial charge in [0, 0.05) is 22.9 Å². The molecular weight excluding hydrogens is 258 g/mol. The first kappa shape index (κ1) is 12.5. The third-order valence-electron chi connectivity index (χ3n) is 3.57. The lowest BCUT2D eigenvalue weighted by atomic mass is 9.88. The first-order valence-electron chi connectivity index (χ1n) is 6.04. The van der Waals surface area contributed by atoms with E-state index in [4.69, 9.17) is 0 Å². The molecular formula is C15H11NO4. The van der Waals surface area contributed by atoms with Crippen LogP contribution in [-0.4, -0.2) is 26.8 Å². The Labute approximate surface area is 114 Å². The number of hydrogen-bond acceptors (Lipinski definition) is 5. The summed E-state index contributed by atoms with van der Waals surface area (Å²) in [7, 11) is 0. The van der Waals surface area contributed by atoms with Gasteiger partial charge in [-0.15, -0.1) is 0 Å². The van der Waals surface area contributed by atoms with Gasteiger partial charge in [0.2, 0.25) is 17.2 Å². The SMILES string of the molecule is Cc1nccc(C2(O)C(=O)c3ccccc3C2=O)c1O. The minimum absolute atomic E-state index is 0.129. The lowest BCUT2D eigenvalue weighted by molar-refractivity contribution is 0.0312. The summed E-state index contributed by atoms with van der Waals surface area (Å²) >= 11 is 0. The fourth-order valence-electron chi connectivity index (χ4n) is 2.47. The number of aromatic hydroxyl groups is 1. The van der Waals surface area contributed by atoms with E-state index in [9.17, 15) is 19.8 Å². The Hall–Kier alpha value is -2.53. The van der Waals surface area contributed by atoms with E-state index in [0.717, 1.165) is 0 Å². The zero-order valence-electron chi connectivity index (χ0n) is 10.6. The van der Waals surface area contributed by atoms with Gasteiger partial charge in [0.25, 0.3) is 0 Å². The second kappa shape index (κ2) is 3.98. The molecule has 2 aromatic rings. The lowest BCUT2D eigenvalue weighted by Crippen LogP contribution is -2.38. The fourth-order valence-corrected chi connectivity index (χ4v) is 2.47. The average Bonchev–Trinajstić information content (AvgIpc) is 2.65. The molecule has 1 aromatic heterocycles. The number of aryl methyl sites for hydroxylation is 1. The summed E-state index contributed by atoms with van der Waals surface area (Å²) < 4.78 is 0. The number of pyridine rings is 1. The molecule has 100 valence electrons. The molecule has 0 spiro atoms. The maximum atomic E-state index is 12.4. The summed E-state index contributed by atoms with van der Waals surface area (Å²) in [6, 6.07) is 7.49. The molecule has 1 heterocycles. The van der Waals surface area contributed by atoms with E-state index in [0.29, 0.717) is 0 Å². The highest BCUT2D eigenvalue weighted by atomic mass is 16.3. The third kappa shape index (κ3) is 1.38. The number of nitrogens with zero attached hydrogens (tertiary/aromatic N) is 1. The van der Waals surface area contributed by atoms with Gasteiger partial charge < -0.3 is 10.2 Å². The molecule has 5 heteroatoms. The first-order chi connectivity index (χ1) is 9.48. The molecule has 5 nitrogen and oxygen atoms in total. The molecule has 0 saturated heterocycles. The van der Waals surface area contributed by atoms with E-state index in [1.54, 1.807) is 12.1 Å². The quantitative estimate of drug-likeness (QED) is 0.763. The molecule has 3 rings (SSSR count). The van der Waals surface area contributed by atoms with Crippen LogP contribution in [0.25, 0.3) is 0 Å². The molecule has 20 heavy (non-hydrogen) atoms. The Balaban J connectivity index is 2.27. The third-order valence-corrected chi connectivity index (χ3v) is 3.57. The molecule has 1 aliphatic carbocycles. The number of aromatic nitrogens is 1. The zero-order valence-corrected chi connectivity index (χ0v) is 10.6. The molecule has 0 unspecified atom stereocenters. The van der Waals surface area contributed by atoms with E-state index in [2.05, 4.69) is 4.98 Å². The molecule has 0 saturated carbocycles. The molecule has 0 amide bonds. The number of ketones is 2. The maximum Gasteiger partial charge on any atom is 0.220 e. The van der Waals surface area contributed by atoms with Gasteiger partial charge in [-0.25, -0.2) is 0 Å². The predicted molar refractivity (Wildman–Crippen MR) is 69.6 cm³/mol. The molecule has 0 bridgehead atoms. The second-order valence-electron chi connectivity index (χ2n) is 4.71. The van der Waals surface area contributed by atoms with Crippen molar-refractivity contribution in [1.82, 2.24) is 4.98 Å². The number of Topliss-reactive ketones (excluding diaryl/α,β-unsaturated/α-hetero) is 2. The maximum absolute atomic E-state index is 12.4. The summed E-state index contributed by atoms with van der Waals surface area (Å²) in [5.74, 6) is -1.79. The first-order valence-corrected chi connectivity index (χ1v) is 6.04. The van der Waals surface area contributed by atoms with Crippen LogP contribution in [0.15, 0.2) is 36.5 Å². The van der Waals surface area contributed by atoms with E-state index in [1.165, 1.54) is 31.3 Å². The number of rotatable bonds is 1. The molecule has 0 aliphatic heterocycles. The Morgan fingerprint density at radius 1 is 1.05 bits per heavy atom. The van der Waals surface area contributed by atoms with Crippen LogP contribution in [0.2, 0.25) is 0 Å². The monoisotopic (exact) mass is 269 g/mol. The number of carbonyl (C=O) groups excluding carboxylic acids is 2. The van der Waals surface area contributed by atoms with Gasteiger partial charge in [-0.05, 0) is 13.0 Å².